The van der Waals surface area contributed by atoms with Crippen molar-refractivity contribution in [3.8, 4) is 0 Å². The molecule has 0 spiro atoms. The quantitative estimate of drug-likeness (QED) is 0.680. The van der Waals surface area contributed by atoms with Crippen LogP contribution in [0, 0.1) is 0 Å². The monoisotopic (exact) mass is 368 g/mol. The molecule has 1 aliphatic rings. The minimum absolute atomic E-state index is 0.0718. The first-order chi connectivity index (χ1) is 12.0. The van der Waals surface area contributed by atoms with Crippen LogP contribution in [-0.2, 0) is 19.6 Å². The molecule has 1 aromatic carbocycles. The third-order valence-corrected chi connectivity index (χ3v) is 6.13. The largest absolute Gasteiger partial charge is 0.379 e. The Hall–Kier alpha value is -1.44. The zero-order valence-electron chi connectivity index (χ0n) is 14.9. The maximum Gasteiger partial charge on any atom is 0.243 e. The summed E-state index contributed by atoms with van der Waals surface area (Å²) in [5, 5.41) is 2.80. The zero-order valence-corrected chi connectivity index (χ0v) is 15.7. The number of benzene rings is 1. The second-order valence-corrected chi connectivity index (χ2v) is 8.19. The van der Waals surface area contributed by atoms with Crippen LogP contribution in [0.2, 0.25) is 0 Å². The molecule has 140 valence electrons. The van der Waals surface area contributed by atoms with Gasteiger partial charge in [0.05, 0.1) is 18.1 Å². The van der Waals surface area contributed by atoms with E-state index in [4.69, 9.17) is 4.74 Å². The van der Waals surface area contributed by atoms with E-state index < -0.39 is 10.0 Å². The normalized spacial score (nSPS) is 15.9. The van der Waals surface area contributed by atoms with E-state index in [1.807, 2.05) is 0 Å². The molecule has 6 nitrogen and oxygen atoms in total. The third-order valence-electron chi connectivity index (χ3n) is 4.23. The lowest BCUT2D eigenvalue weighted by molar-refractivity contribution is -0.116. The van der Waals surface area contributed by atoms with Crippen LogP contribution in [0.1, 0.15) is 45.4 Å². The molecule has 0 aliphatic carbocycles. The molecule has 0 unspecified atom stereocenters. The summed E-state index contributed by atoms with van der Waals surface area (Å²) in [4.78, 5) is 12.2. The average molecular weight is 368 g/mol. The first-order valence-corrected chi connectivity index (χ1v) is 10.5. The van der Waals surface area contributed by atoms with Crippen molar-refractivity contribution in [2.75, 3.05) is 31.6 Å². The molecule has 1 saturated heterocycles. The molecule has 25 heavy (non-hydrogen) atoms. The highest BCUT2D eigenvalue weighted by Crippen LogP contribution is 2.21. The summed E-state index contributed by atoms with van der Waals surface area (Å²) >= 11 is 0. The second kappa shape index (κ2) is 9.89. The van der Waals surface area contributed by atoms with Gasteiger partial charge in [0.25, 0.3) is 0 Å². The molecular formula is C18H28N2O4S. The Morgan fingerprint density at radius 2 is 1.88 bits per heavy atom. The van der Waals surface area contributed by atoms with Crippen LogP contribution in [0.25, 0.3) is 0 Å². The predicted octanol–water partition coefficient (Wildman–Crippen LogP) is 3.01. The number of ether oxygens (including phenoxy) is 1. The Labute approximate surface area is 150 Å². The number of nitrogens with one attached hydrogen (secondary N) is 1. The Bertz CT molecular complexity index is 655. The topological polar surface area (TPSA) is 75.7 Å². The standard InChI is InChI=1S/C18H28N2O4S/c1-2-3-4-5-6-10-18(21)19-16-8-7-9-17(15-16)25(22,23)20-11-13-24-14-12-20/h7-9,15H,2-6,10-14H2,1H3,(H,19,21). The number of hydrogen-bond donors (Lipinski definition) is 1. The van der Waals surface area contributed by atoms with Crippen molar-refractivity contribution < 1.29 is 17.9 Å². The summed E-state index contributed by atoms with van der Waals surface area (Å²) in [6, 6.07) is 6.46. The molecule has 0 aromatic heterocycles. The van der Waals surface area contributed by atoms with E-state index in [0.29, 0.717) is 38.4 Å². The van der Waals surface area contributed by atoms with Gasteiger partial charge in [-0.15, -0.1) is 0 Å². The minimum Gasteiger partial charge on any atom is -0.379 e. The number of amides is 1. The van der Waals surface area contributed by atoms with Crippen molar-refractivity contribution in [2.24, 2.45) is 0 Å². The van der Waals surface area contributed by atoms with Crippen molar-refractivity contribution in [2.45, 2.75) is 50.3 Å². The molecule has 1 N–H and O–H groups in total. The van der Waals surface area contributed by atoms with Crippen LogP contribution < -0.4 is 5.32 Å². The number of nitrogens with zero attached hydrogens (tertiary/aromatic N) is 1. The molecule has 1 heterocycles. The fraction of sp³-hybridized carbons (Fsp3) is 0.611. The molecule has 1 aliphatic heterocycles. The predicted molar refractivity (Wildman–Crippen MR) is 98.0 cm³/mol. The van der Waals surface area contributed by atoms with Crippen LogP contribution in [-0.4, -0.2) is 44.9 Å². The van der Waals surface area contributed by atoms with E-state index in [0.717, 1.165) is 19.3 Å². The van der Waals surface area contributed by atoms with Crippen LogP contribution in [0.15, 0.2) is 29.2 Å². The van der Waals surface area contributed by atoms with E-state index in [-0.39, 0.29) is 10.8 Å². The van der Waals surface area contributed by atoms with Gasteiger partial charge in [-0.05, 0) is 24.6 Å². The highest BCUT2D eigenvalue weighted by molar-refractivity contribution is 7.89. The number of carbonyl (C=O) groups is 1. The van der Waals surface area contributed by atoms with Gasteiger partial charge in [0.1, 0.15) is 0 Å². The molecule has 1 aromatic rings. The maximum atomic E-state index is 12.7. The van der Waals surface area contributed by atoms with Gasteiger partial charge in [-0.3, -0.25) is 4.79 Å². The molecule has 0 bridgehead atoms. The Kier molecular flexibility index (Phi) is 7.87. The molecule has 1 amide bonds. The molecule has 0 saturated carbocycles. The number of unbranched alkanes of at least 4 members (excludes halogenated alkanes) is 4. The van der Waals surface area contributed by atoms with E-state index in [9.17, 15) is 13.2 Å². The minimum atomic E-state index is -3.55. The molecule has 0 radical (unpaired) electrons. The van der Waals surface area contributed by atoms with Crippen molar-refractivity contribution in [3.05, 3.63) is 24.3 Å². The third kappa shape index (κ3) is 6.09. The first kappa shape index (κ1) is 19.9. The van der Waals surface area contributed by atoms with Crippen LogP contribution >= 0.6 is 0 Å². The fourth-order valence-electron chi connectivity index (χ4n) is 2.78. The summed E-state index contributed by atoms with van der Waals surface area (Å²) in [7, 11) is -3.55. The molecule has 1 fully saturated rings. The van der Waals surface area contributed by atoms with Gasteiger partial charge in [0.15, 0.2) is 0 Å². The zero-order chi connectivity index (χ0) is 18.1. The lowest BCUT2D eigenvalue weighted by Crippen LogP contribution is -2.40. The van der Waals surface area contributed by atoms with Gasteiger partial charge < -0.3 is 10.1 Å². The molecule has 7 heteroatoms. The molecular weight excluding hydrogens is 340 g/mol. The Morgan fingerprint density at radius 1 is 1.16 bits per heavy atom. The molecule has 0 atom stereocenters. The number of hydrogen-bond acceptors (Lipinski definition) is 4. The molecule has 2 rings (SSSR count). The van der Waals surface area contributed by atoms with Crippen LogP contribution in [0.4, 0.5) is 5.69 Å². The number of morpholine rings is 1. The van der Waals surface area contributed by atoms with Gasteiger partial charge in [-0.2, -0.15) is 4.31 Å². The number of rotatable bonds is 9. The fourth-order valence-corrected chi connectivity index (χ4v) is 4.24. The highest BCUT2D eigenvalue weighted by Gasteiger charge is 2.26. The van der Waals surface area contributed by atoms with E-state index in [1.165, 1.54) is 23.2 Å². The highest BCUT2D eigenvalue weighted by atomic mass is 32.2. The number of carbonyl (C=O) groups excluding carboxylic acids is 1. The van der Waals surface area contributed by atoms with E-state index in [2.05, 4.69) is 12.2 Å². The van der Waals surface area contributed by atoms with Crippen LogP contribution in [0.5, 0.6) is 0 Å². The van der Waals surface area contributed by atoms with E-state index in [1.54, 1.807) is 18.2 Å². The summed E-state index contributed by atoms with van der Waals surface area (Å²) in [5.74, 6) is -0.0718. The van der Waals surface area contributed by atoms with Crippen molar-refractivity contribution in [1.29, 1.82) is 0 Å². The average Bonchev–Trinajstić information content (AvgIpc) is 2.62. The summed E-state index contributed by atoms with van der Waals surface area (Å²) in [6.07, 6.45) is 5.89. The lowest BCUT2D eigenvalue weighted by Gasteiger charge is -2.26. The van der Waals surface area contributed by atoms with E-state index >= 15 is 0 Å². The maximum absolute atomic E-state index is 12.7. The van der Waals surface area contributed by atoms with Gasteiger partial charge >= 0.3 is 0 Å². The first-order valence-electron chi connectivity index (χ1n) is 9.02. The van der Waals surface area contributed by atoms with Gasteiger partial charge in [0, 0.05) is 25.2 Å². The van der Waals surface area contributed by atoms with Gasteiger partial charge in [0.2, 0.25) is 15.9 Å². The van der Waals surface area contributed by atoms with Gasteiger partial charge in [-0.1, -0.05) is 38.7 Å². The van der Waals surface area contributed by atoms with Gasteiger partial charge in [-0.25, -0.2) is 8.42 Å². The van der Waals surface area contributed by atoms with Crippen molar-refractivity contribution >= 4 is 21.6 Å². The lowest BCUT2D eigenvalue weighted by atomic mass is 10.1. The number of sulfonamides is 1. The SMILES string of the molecule is CCCCCCCC(=O)Nc1cccc(S(=O)(=O)N2CCOCC2)c1. The second-order valence-electron chi connectivity index (χ2n) is 6.26. The Morgan fingerprint density at radius 3 is 2.60 bits per heavy atom. The number of anilines is 1. The van der Waals surface area contributed by atoms with Crippen LogP contribution in [0.3, 0.4) is 0 Å². The van der Waals surface area contributed by atoms with Crippen molar-refractivity contribution in [3.63, 3.8) is 0 Å². The summed E-state index contributed by atoms with van der Waals surface area (Å²) in [5.41, 5.74) is 0.521. The Balaban J connectivity index is 1.93. The smallest absolute Gasteiger partial charge is 0.243 e. The summed E-state index contributed by atoms with van der Waals surface area (Å²) < 4.78 is 31.9. The van der Waals surface area contributed by atoms with Crippen molar-refractivity contribution in [1.82, 2.24) is 4.31 Å². The summed E-state index contributed by atoms with van der Waals surface area (Å²) in [6.45, 7) is 3.69.